The number of ether oxygens (including phenoxy) is 2. The Kier molecular flexibility index (Phi) is 10.7. The van der Waals surface area contributed by atoms with Crippen LogP contribution < -0.4 is 15.4 Å². The first-order chi connectivity index (χ1) is 23.9. The number of nitrogens with one attached hydrogen (secondary N) is 3. The molecule has 1 saturated heterocycles. The van der Waals surface area contributed by atoms with Crippen LogP contribution in [0, 0.1) is 5.92 Å². The lowest BCUT2D eigenvalue weighted by Crippen LogP contribution is -2.58. The van der Waals surface area contributed by atoms with Crippen molar-refractivity contribution in [1.29, 1.82) is 0 Å². The van der Waals surface area contributed by atoms with Gasteiger partial charge in [0, 0.05) is 25.4 Å². The highest BCUT2D eigenvalue weighted by atomic mass is 32.2. The average molecular weight is 714 g/mol. The molecule has 2 aliphatic carbocycles. The standard InChI is InChI=1S/C35H47N5O9S/c1-50(46,47)38-32(43)35-20-25(35)13-5-3-2-4-6-16-28(36-33(44)48-26-14-9-10-15-26)31(42)40-22-27(19-29(40)30(41)37-35)49-34(45)39-18-17-23-11-7-8-12-24(23)21-39/h5,7-8,11-13,25-29H,2-4,6,9-10,14-22H2,1H3,(H,36,44)(H,37,41)(H,38,43)/b13-5-/t25-,27+,28-,29-,35+/m0/s1. The van der Waals surface area contributed by atoms with Crippen molar-refractivity contribution < 1.29 is 41.9 Å². The second-order valence-corrected chi connectivity index (χ2v) is 16.0. The third-order valence-corrected chi connectivity index (χ3v) is 11.0. The maximum Gasteiger partial charge on any atom is 0.410 e. The van der Waals surface area contributed by atoms with E-state index in [0.29, 0.717) is 38.8 Å². The number of nitrogens with zero attached hydrogens (tertiary/aromatic N) is 2. The average Bonchev–Trinajstić information content (AvgIpc) is 3.35. The number of carbonyl (C=O) groups excluding carboxylic acids is 5. The third-order valence-electron chi connectivity index (χ3n) is 10.4. The number of fused-ring (bicyclic) bond motifs is 3. The number of rotatable bonds is 5. The van der Waals surface area contributed by atoms with Crippen molar-refractivity contribution in [3.05, 3.63) is 47.5 Å². The van der Waals surface area contributed by atoms with Crippen LogP contribution in [-0.2, 0) is 46.8 Å². The van der Waals surface area contributed by atoms with Gasteiger partial charge in [-0.3, -0.25) is 19.1 Å². The highest BCUT2D eigenvalue weighted by Gasteiger charge is 2.61. The summed E-state index contributed by atoms with van der Waals surface area (Å²) in [6, 6.07) is 5.71. The first-order valence-electron chi connectivity index (χ1n) is 17.7. The van der Waals surface area contributed by atoms with Gasteiger partial charge in [0.1, 0.15) is 29.8 Å². The van der Waals surface area contributed by atoms with Crippen molar-refractivity contribution in [2.75, 3.05) is 19.3 Å². The van der Waals surface area contributed by atoms with E-state index in [4.69, 9.17) is 9.47 Å². The van der Waals surface area contributed by atoms with Crippen LogP contribution in [0.1, 0.15) is 81.8 Å². The molecule has 50 heavy (non-hydrogen) atoms. The topological polar surface area (TPSA) is 181 Å². The molecule has 3 fully saturated rings. The largest absolute Gasteiger partial charge is 0.446 e. The molecule has 14 nitrogen and oxygen atoms in total. The molecule has 0 aromatic heterocycles. The van der Waals surface area contributed by atoms with Crippen LogP contribution in [-0.4, -0.2) is 97.3 Å². The zero-order chi connectivity index (χ0) is 35.5. The SMILES string of the molecule is CS(=O)(=O)NC(=O)[C@@]12C[C@@H]1/C=C\CCCCC[C@H](NC(=O)OC1CCCC1)C(=O)N1C[C@H](OC(=O)N3CCc4ccccc4C3)C[C@H]1C(=O)N2. The van der Waals surface area contributed by atoms with E-state index >= 15 is 0 Å². The van der Waals surface area contributed by atoms with Gasteiger partial charge in [-0.15, -0.1) is 0 Å². The first-order valence-corrected chi connectivity index (χ1v) is 19.6. The fourth-order valence-electron chi connectivity index (χ4n) is 7.63. The third kappa shape index (κ3) is 8.41. The Morgan fingerprint density at radius 3 is 2.46 bits per heavy atom. The summed E-state index contributed by atoms with van der Waals surface area (Å²) in [7, 11) is -3.93. The quantitative estimate of drug-likeness (QED) is 0.387. The van der Waals surface area contributed by atoms with Crippen LogP contribution in [0.25, 0.3) is 0 Å². The Balaban J connectivity index is 1.23. The molecule has 1 aromatic rings. The highest BCUT2D eigenvalue weighted by Crippen LogP contribution is 2.45. The van der Waals surface area contributed by atoms with Gasteiger partial charge >= 0.3 is 12.2 Å². The molecule has 0 unspecified atom stereocenters. The zero-order valence-electron chi connectivity index (χ0n) is 28.4. The summed E-state index contributed by atoms with van der Waals surface area (Å²) in [5.41, 5.74) is 0.663. The van der Waals surface area contributed by atoms with Gasteiger partial charge in [-0.2, -0.15) is 0 Å². The summed E-state index contributed by atoms with van der Waals surface area (Å²) in [4.78, 5) is 71.0. The lowest BCUT2D eigenvalue weighted by molar-refractivity contribution is -0.141. The molecule has 2 saturated carbocycles. The Labute approximate surface area is 292 Å². The summed E-state index contributed by atoms with van der Waals surface area (Å²) in [6.45, 7) is 0.724. The number of carbonyl (C=O) groups is 5. The number of hydrogen-bond acceptors (Lipinski definition) is 9. The van der Waals surface area contributed by atoms with Crippen LogP contribution in [0.3, 0.4) is 0 Å². The fraction of sp³-hybridized carbons (Fsp3) is 0.629. The lowest BCUT2D eigenvalue weighted by atomic mass is 10.0. The van der Waals surface area contributed by atoms with Crippen LogP contribution in [0.2, 0.25) is 0 Å². The maximum atomic E-state index is 14.3. The van der Waals surface area contributed by atoms with E-state index < -0.39 is 69.6 Å². The van der Waals surface area contributed by atoms with Gasteiger partial charge in [0.25, 0.3) is 5.91 Å². The Morgan fingerprint density at radius 2 is 1.70 bits per heavy atom. The van der Waals surface area contributed by atoms with Gasteiger partial charge in [-0.1, -0.05) is 49.3 Å². The normalized spacial score (nSPS) is 29.6. The minimum absolute atomic E-state index is 0.0444. The van der Waals surface area contributed by atoms with E-state index in [1.165, 1.54) is 4.90 Å². The van der Waals surface area contributed by atoms with Gasteiger partial charge in [-0.25, -0.2) is 18.0 Å². The molecule has 272 valence electrons. The Bertz CT molecular complexity index is 1630. The summed E-state index contributed by atoms with van der Waals surface area (Å²) in [6.07, 6.45) is 9.74. The van der Waals surface area contributed by atoms with Gasteiger partial charge < -0.3 is 29.9 Å². The molecule has 6 rings (SSSR count). The smallest absolute Gasteiger partial charge is 0.410 e. The highest BCUT2D eigenvalue weighted by molar-refractivity contribution is 7.89. The zero-order valence-corrected chi connectivity index (χ0v) is 29.3. The maximum absolute atomic E-state index is 14.3. The van der Waals surface area contributed by atoms with E-state index in [2.05, 4.69) is 10.6 Å². The Morgan fingerprint density at radius 1 is 0.960 bits per heavy atom. The summed E-state index contributed by atoms with van der Waals surface area (Å²) in [5.74, 6) is -2.50. The summed E-state index contributed by atoms with van der Waals surface area (Å²) >= 11 is 0. The van der Waals surface area contributed by atoms with Crippen LogP contribution in [0.4, 0.5) is 9.59 Å². The van der Waals surface area contributed by atoms with Crippen LogP contribution in [0.5, 0.6) is 0 Å². The van der Waals surface area contributed by atoms with E-state index in [-0.39, 0.29) is 25.5 Å². The molecule has 5 aliphatic rings. The summed E-state index contributed by atoms with van der Waals surface area (Å²) in [5, 5.41) is 5.54. The lowest BCUT2D eigenvalue weighted by Gasteiger charge is -2.30. The van der Waals surface area contributed by atoms with Crippen molar-refractivity contribution in [2.24, 2.45) is 5.92 Å². The van der Waals surface area contributed by atoms with Crippen molar-refractivity contribution in [1.82, 2.24) is 25.2 Å². The first kappa shape index (κ1) is 35.7. The van der Waals surface area contributed by atoms with E-state index in [0.717, 1.165) is 55.9 Å². The number of amides is 5. The monoisotopic (exact) mass is 713 g/mol. The van der Waals surface area contributed by atoms with Crippen molar-refractivity contribution in [3.8, 4) is 0 Å². The molecule has 5 atom stereocenters. The minimum atomic E-state index is -3.93. The molecule has 3 aliphatic heterocycles. The number of benzene rings is 1. The van der Waals surface area contributed by atoms with Gasteiger partial charge in [0.2, 0.25) is 21.8 Å². The molecule has 0 radical (unpaired) electrons. The van der Waals surface area contributed by atoms with Crippen LogP contribution in [0.15, 0.2) is 36.4 Å². The number of alkyl carbamates (subject to hydrolysis) is 1. The number of hydrogen-bond donors (Lipinski definition) is 3. The predicted molar refractivity (Wildman–Crippen MR) is 181 cm³/mol. The molecular weight excluding hydrogens is 666 g/mol. The van der Waals surface area contributed by atoms with Crippen molar-refractivity contribution in [3.63, 3.8) is 0 Å². The molecule has 0 spiro atoms. The number of sulfonamides is 1. The fourth-order valence-corrected chi connectivity index (χ4v) is 8.15. The van der Waals surface area contributed by atoms with Crippen molar-refractivity contribution >= 4 is 39.9 Å². The van der Waals surface area contributed by atoms with Gasteiger partial charge in [-0.05, 0) is 68.9 Å². The molecule has 15 heteroatoms. The molecule has 3 N–H and O–H groups in total. The molecule has 0 bridgehead atoms. The summed E-state index contributed by atoms with van der Waals surface area (Å²) < 4.78 is 37.6. The van der Waals surface area contributed by atoms with Crippen molar-refractivity contribution in [2.45, 2.75) is 113 Å². The molecular formula is C35H47N5O9S. The Hall–Kier alpha value is -4.14. The second-order valence-electron chi connectivity index (χ2n) is 14.2. The van der Waals surface area contributed by atoms with Crippen LogP contribution >= 0.6 is 0 Å². The predicted octanol–water partition coefficient (Wildman–Crippen LogP) is 2.66. The van der Waals surface area contributed by atoms with E-state index in [1.54, 1.807) is 4.90 Å². The van der Waals surface area contributed by atoms with Gasteiger partial charge in [0.05, 0.1) is 12.8 Å². The second kappa shape index (κ2) is 15.0. The molecule has 5 amide bonds. The van der Waals surface area contributed by atoms with Gasteiger partial charge in [0.15, 0.2) is 0 Å². The molecule has 1 aromatic carbocycles. The number of allylic oxidation sites excluding steroid dienone is 1. The molecule has 3 heterocycles. The van der Waals surface area contributed by atoms with E-state index in [9.17, 15) is 32.4 Å². The van der Waals surface area contributed by atoms with E-state index in [1.807, 2.05) is 41.1 Å². The minimum Gasteiger partial charge on any atom is -0.446 e.